The second-order valence-electron chi connectivity index (χ2n) is 6.20. The first-order valence-electron chi connectivity index (χ1n) is 7.59. The lowest BCUT2D eigenvalue weighted by atomic mass is 9.86. The summed E-state index contributed by atoms with van der Waals surface area (Å²) in [6, 6.07) is 6.68. The van der Waals surface area contributed by atoms with Crippen LogP contribution in [-0.4, -0.2) is 33.4 Å². The Morgan fingerprint density at radius 3 is 2.90 bits per heavy atom. The van der Waals surface area contributed by atoms with Crippen LogP contribution in [0.1, 0.15) is 37.8 Å². The van der Waals surface area contributed by atoms with Gasteiger partial charge in [0.05, 0.1) is 13.2 Å². The maximum Gasteiger partial charge on any atom is 0.123 e. The number of methoxy groups -OCH3 is 1. The molecule has 0 spiro atoms. The molecule has 112 valence electrons. The van der Waals surface area contributed by atoms with Gasteiger partial charge in [-0.1, -0.05) is 26.0 Å². The van der Waals surface area contributed by atoms with Crippen molar-refractivity contribution >= 4 is 0 Å². The number of benzene rings is 1. The second-order valence-corrected chi connectivity index (χ2v) is 6.20. The molecule has 0 fully saturated rings. The van der Waals surface area contributed by atoms with Crippen molar-refractivity contribution < 1.29 is 9.47 Å². The molecule has 1 aliphatic heterocycles. The lowest BCUT2D eigenvalue weighted by Crippen LogP contribution is -2.20. The Morgan fingerprint density at radius 1 is 1.25 bits per heavy atom. The largest absolute Gasteiger partial charge is 0.492 e. The fraction of sp³-hybridized carbons (Fsp3) is 0.647. The van der Waals surface area contributed by atoms with Crippen molar-refractivity contribution in [1.29, 1.82) is 0 Å². The normalized spacial score (nSPS) is 15.9. The maximum absolute atomic E-state index is 5.73. The van der Waals surface area contributed by atoms with E-state index in [-0.39, 0.29) is 5.41 Å². The van der Waals surface area contributed by atoms with Gasteiger partial charge in [0.2, 0.25) is 0 Å². The van der Waals surface area contributed by atoms with Crippen LogP contribution in [0.2, 0.25) is 0 Å². The smallest absolute Gasteiger partial charge is 0.123 e. The highest BCUT2D eigenvalue weighted by Gasteiger charge is 2.31. The van der Waals surface area contributed by atoms with Gasteiger partial charge in [-0.25, -0.2) is 0 Å². The third-order valence-corrected chi connectivity index (χ3v) is 3.91. The number of hydrogen-bond donors (Lipinski definition) is 1. The Morgan fingerprint density at radius 2 is 2.10 bits per heavy atom. The van der Waals surface area contributed by atoms with Crippen molar-refractivity contribution in [2.24, 2.45) is 0 Å². The minimum absolute atomic E-state index is 0.160. The van der Waals surface area contributed by atoms with Crippen LogP contribution in [0, 0.1) is 0 Å². The lowest BCUT2D eigenvalue weighted by molar-refractivity contribution is 0.199. The molecule has 0 saturated heterocycles. The van der Waals surface area contributed by atoms with Gasteiger partial charge in [0.15, 0.2) is 0 Å². The molecule has 3 nitrogen and oxygen atoms in total. The first kappa shape index (κ1) is 15.3. The third kappa shape index (κ3) is 3.97. The Kier molecular flexibility index (Phi) is 5.44. The Hall–Kier alpha value is -1.06. The first-order valence-corrected chi connectivity index (χ1v) is 7.59. The minimum atomic E-state index is 0.160. The summed E-state index contributed by atoms with van der Waals surface area (Å²) in [5.41, 5.74) is 2.96. The molecule has 1 aromatic rings. The summed E-state index contributed by atoms with van der Waals surface area (Å²) < 4.78 is 10.7. The van der Waals surface area contributed by atoms with Crippen LogP contribution >= 0.6 is 0 Å². The van der Waals surface area contributed by atoms with E-state index in [0.717, 1.165) is 38.5 Å². The topological polar surface area (TPSA) is 30.5 Å². The van der Waals surface area contributed by atoms with E-state index in [1.54, 1.807) is 7.11 Å². The summed E-state index contributed by atoms with van der Waals surface area (Å²) in [6.07, 6.45) is 3.58. The van der Waals surface area contributed by atoms with Gasteiger partial charge in [-0.05, 0) is 37.4 Å². The van der Waals surface area contributed by atoms with Gasteiger partial charge in [-0.2, -0.15) is 0 Å². The first-order chi connectivity index (χ1) is 9.63. The number of hydrogen-bond acceptors (Lipinski definition) is 3. The van der Waals surface area contributed by atoms with Gasteiger partial charge < -0.3 is 14.8 Å². The van der Waals surface area contributed by atoms with Crippen molar-refractivity contribution in [1.82, 2.24) is 5.32 Å². The van der Waals surface area contributed by atoms with E-state index >= 15 is 0 Å². The highest BCUT2D eigenvalue weighted by molar-refractivity contribution is 5.45. The van der Waals surface area contributed by atoms with Crippen LogP contribution in [0.5, 0.6) is 5.75 Å². The highest BCUT2D eigenvalue weighted by Crippen LogP contribution is 2.38. The number of ether oxygens (including phenoxy) is 2. The molecule has 0 bridgehead atoms. The molecule has 20 heavy (non-hydrogen) atoms. The maximum atomic E-state index is 5.73. The van der Waals surface area contributed by atoms with E-state index in [1.807, 2.05) is 0 Å². The molecule has 2 rings (SSSR count). The van der Waals surface area contributed by atoms with Crippen LogP contribution in [0.4, 0.5) is 0 Å². The molecule has 1 aliphatic rings. The Labute approximate surface area is 122 Å². The number of fused-ring (bicyclic) bond motifs is 1. The number of unbranched alkanes of at least 4 members (excludes halogenated alkanes) is 1. The SMILES string of the molecule is COCCNCCCCc1ccc2c(c1)C(C)(C)CO2. The van der Waals surface area contributed by atoms with E-state index in [9.17, 15) is 0 Å². The molecule has 1 N–H and O–H groups in total. The van der Waals surface area contributed by atoms with Gasteiger partial charge in [0.1, 0.15) is 5.75 Å². The fourth-order valence-corrected chi connectivity index (χ4v) is 2.60. The quantitative estimate of drug-likeness (QED) is 0.741. The number of nitrogens with one attached hydrogen (secondary N) is 1. The van der Waals surface area contributed by atoms with E-state index in [2.05, 4.69) is 37.4 Å². The van der Waals surface area contributed by atoms with Crippen molar-refractivity contribution in [3.05, 3.63) is 29.3 Å². The zero-order chi connectivity index (χ0) is 14.4. The van der Waals surface area contributed by atoms with Crippen LogP contribution in [0.25, 0.3) is 0 Å². The predicted molar refractivity (Wildman–Crippen MR) is 82.6 cm³/mol. The van der Waals surface area contributed by atoms with E-state index in [1.165, 1.54) is 24.0 Å². The van der Waals surface area contributed by atoms with Crippen molar-refractivity contribution in [3.63, 3.8) is 0 Å². The Balaban J connectivity index is 1.75. The van der Waals surface area contributed by atoms with E-state index in [0.29, 0.717) is 0 Å². The summed E-state index contributed by atoms with van der Waals surface area (Å²) in [5, 5.41) is 3.38. The Bertz CT molecular complexity index is 429. The molecule has 0 unspecified atom stereocenters. The molecule has 3 heteroatoms. The molecule has 0 atom stereocenters. The van der Waals surface area contributed by atoms with Gasteiger partial charge in [0, 0.05) is 24.6 Å². The van der Waals surface area contributed by atoms with E-state index < -0.39 is 0 Å². The van der Waals surface area contributed by atoms with Gasteiger partial charge in [-0.3, -0.25) is 0 Å². The summed E-state index contributed by atoms with van der Waals surface area (Å²) in [6.45, 7) is 8.11. The monoisotopic (exact) mass is 277 g/mol. The standard InChI is InChI=1S/C17H27NO2/c1-17(2)13-20-16-8-7-14(12-15(16)17)6-4-5-9-18-10-11-19-3/h7-8,12,18H,4-6,9-11,13H2,1-3H3. The van der Waals surface area contributed by atoms with Gasteiger partial charge in [0.25, 0.3) is 0 Å². The molecular formula is C17H27NO2. The zero-order valence-electron chi connectivity index (χ0n) is 13.0. The summed E-state index contributed by atoms with van der Waals surface area (Å²) in [7, 11) is 1.74. The number of aryl methyl sites for hydroxylation is 1. The van der Waals surface area contributed by atoms with Crippen molar-refractivity contribution in [2.45, 2.75) is 38.5 Å². The zero-order valence-corrected chi connectivity index (χ0v) is 13.0. The lowest BCUT2D eigenvalue weighted by Gasteiger charge is -2.15. The van der Waals surface area contributed by atoms with Gasteiger partial charge >= 0.3 is 0 Å². The molecule has 0 aliphatic carbocycles. The third-order valence-electron chi connectivity index (χ3n) is 3.91. The molecule has 0 aromatic heterocycles. The summed E-state index contributed by atoms with van der Waals surface area (Å²) >= 11 is 0. The molecular weight excluding hydrogens is 250 g/mol. The second kappa shape index (κ2) is 7.09. The number of rotatable bonds is 8. The minimum Gasteiger partial charge on any atom is -0.492 e. The average Bonchev–Trinajstić information content (AvgIpc) is 2.74. The van der Waals surface area contributed by atoms with E-state index in [4.69, 9.17) is 9.47 Å². The highest BCUT2D eigenvalue weighted by atomic mass is 16.5. The molecule has 0 amide bonds. The van der Waals surface area contributed by atoms with Crippen LogP contribution in [-0.2, 0) is 16.6 Å². The molecule has 0 saturated carbocycles. The van der Waals surface area contributed by atoms with Crippen LogP contribution < -0.4 is 10.1 Å². The fourth-order valence-electron chi connectivity index (χ4n) is 2.60. The van der Waals surface area contributed by atoms with Gasteiger partial charge in [-0.15, -0.1) is 0 Å². The van der Waals surface area contributed by atoms with Crippen LogP contribution in [0.3, 0.4) is 0 Å². The summed E-state index contributed by atoms with van der Waals surface area (Å²) in [4.78, 5) is 0. The van der Waals surface area contributed by atoms with Crippen molar-refractivity contribution in [3.8, 4) is 5.75 Å². The van der Waals surface area contributed by atoms with Crippen LogP contribution in [0.15, 0.2) is 18.2 Å². The summed E-state index contributed by atoms with van der Waals surface area (Å²) in [5.74, 6) is 1.07. The average molecular weight is 277 g/mol. The van der Waals surface area contributed by atoms with Crippen molar-refractivity contribution in [2.75, 3.05) is 33.4 Å². The molecule has 0 radical (unpaired) electrons. The molecule has 1 aromatic carbocycles. The predicted octanol–water partition coefficient (Wildman–Crippen LogP) is 2.92. The molecule has 1 heterocycles.